The van der Waals surface area contributed by atoms with Crippen molar-refractivity contribution in [1.82, 2.24) is 10.2 Å². The average molecular weight is 202 g/mol. The van der Waals surface area contributed by atoms with Gasteiger partial charge in [0.05, 0.1) is 0 Å². The molecule has 3 heteroatoms. The molecule has 0 radical (unpaired) electrons. The van der Waals surface area contributed by atoms with Crippen LogP contribution in [0.2, 0.25) is 0 Å². The fourth-order valence-corrected chi connectivity index (χ4v) is 2.11. The molecular formula is C11H23FN2. The Bertz CT molecular complexity index is 133. The minimum atomic E-state index is -0.690. The summed E-state index contributed by atoms with van der Waals surface area (Å²) in [6.45, 7) is 8.68. The zero-order valence-corrected chi connectivity index (χ0v) is 9.59. The fourth-order valence-electron chi connectivity index (χ4n) is 2.11. The van der Waals surface area contributed by atoms with E-state index in [2.05, 4.69) is 24.1 Å². The van der Waals surface area contributed by atoms with E-state index < -0.39 is 6.17 Å². The first kappa shape index (κ1) is 11.9. The number of hydrogen-bond donors (Lipinski definition) is 1. The van der Waals surface area contributed by atoms with Crippen LogP contribution in [0, 0.1) is 0 Å². The van der Waals surface area contributed by atoms with Gasteiger partial charge in [-0.3, -0.25) is 0 Å². The molecule has 0 bridgehead atoms. The van der Waals surface area contributed by atoms with Crippen LogP contribution in [-0.4, -0.2) is 42.8 Å². The Labute approximate surface area is 86.9 Å². The Morgan fingerprint density at radius 1 is 1.29 bits per heavy atom. The third kappa shape index (κ3) is 4.38. The predicted molar refractivity (Wildman–Crippen MR) is 58.3 cm³/mol. The quantitative estimate of drug-likeness (QED) is 0.748. The van der Waals surface area contributed by atoms with Gasteiger partial charge >= 0.3 is 0 Å². The van der Waals surface area contributed by atoms with Crippen molar-refractivity contribution in [2.45, 2.75) is 51.9 Å². The number of nitrogens with zero attached hydrogens (tertiary/aromatic N) is 1. The minimum absolute atomic E-state index is 0.562. The van der Waals surface area contributed by atoms with Crippen molar-refractivity contribution in [2.75, 3.05) is 19.6 Å². The van der Waals surface area contributed by atoms with Crippen LogP contribution in [0.5, 0.6) is 0 Å². The molecule has 84 valence electrons. The van der Waals surface area contributed by atoms with Gasteiger partial charge in [-0.15, -0.1) is 0 Å². The van der Waals surface area contributed by atoms with Crippen LogP contribution in [0.4, 0.5) is 4.39 Å². The Morgan fingerprint density at radius 2 is 1.86 bits per heavy atom. The second-order valence-corrected chi connectivity index (χ2v) is 4.68. The maximum atomic E-state index is 12.7. The van der Waals surface area contributed by atoms with E-state index >= 15 is 0 Å². The number of rotatable bonds is 4. The molecule has 0 spiro atoms. The lowest BCUT2D eigenvalue weighted by Crippen LogP contribution is -2.45. The standard InChI is InChI=1S/C11H23FN2/c1-9(2)13-11-4-6-14(7-5-11)8-10(3)12/h9-11,13H,4-8H2,1-3H3. The molecule has 0 aromatic heterocycles. The van der Waals surface area contributed by atoms with Crippen molar-refractivity contribution in [2.24, 2.45) is 0 Å². The molecule has 0 aromatic rings. The molecule has 0 aromatic carbocycles. The van der Waals surface area contributed by atoms with Crippen LogP contribution >= 0.6 is 0 Å². The van der Waals surface area contributed by atoms with Gasteiger partial charge in [0.2, 0.25) is 0 Å². The first-order valence-electron chi connectivity index (χ1n) is 5.70. The van der Waals surface area contributed by atoms with Gasteiger partial charge in [0.25, 0.3) is 0 Å². The summed E-state index contributed by atoms with van der Waals surface area (Å²) in [6.07, 6.45) is 1.63. The zero-order valence-electron chi connectivity index (χ0n) is 9.59. The van der Waals surface area contributed by atoms with E-state index in [4.69, 9.17) is 0 Å². The van der Waals surface area contributed by atoms with E-state index in [9.17, 15) is 4.39 Å². The van der Waals surface area contributed by atoms with Gasteiger partial charge in [-0.25, -0.2) is 4.39 Å². The average Bonchev–Trinajstić information content (AvgIpc) is 2.06. The van der Waals surface area contributed by atoms with Crippen LogP contribution in [0.15, 0.2) is 0 Å². The Kier molecular flexibility index (Phi) is 4.82. The van der Waals surface area contributed by atoms with Crippen molar-refractivity contribution in [1.29, 1.82) is 0 Å². The highest BCUT2D eigenvalue weighted by molar-refractivity contribution is 4.78. The van der Waals surface area contributed by atoms with Crippen LogP contribution in [0.25, 0.3) is 0 Å². The van der Waals surface area contributed by atoms with Crippen LogP contribution in [-0.2, 0) is 0 Å². The summed E-state index contributed by atoms with van der Waals surface area (Å²) in [7, 11) is 0. The maximum absolute atomic E-state index is 12.7. The molecule has 0 amide bonds. The van der Waals surface area contributed by atoms with Crippen molar-refractivity contribution in [3.63, 3.8) is 0 Å². The van der Waals surface area contributed by atoms with E-state index in [-0.39, 0.29) is 0 Å². The molecule has 1 fully saturated rings. The lowest BCUT2D eigenvalue weighted by molar-refractivity contribution is 0.154. The van der Waals surface area contributed by atoms with Gasteiger partial charge in [-0.1, -0.05) is 13.8 Å². The lowest BCUT2D eigenvalue weighted by Gasteiger charge is -2.33. The van der Waals surface area contributed by atoms with Gasteiger partial charge in [-0.05, 0) is 32.9 Å². The number of hydrogen-bond acceptors (Lipinski definition) is 2. The summed E-state index contributed by atoms with van der Waals surface area (Å²) in [5, 5.41) is 3.54. The van der Waals surface area contributed by atoms with Crippen LogP contribution in [0.1, 0.15) is 33.6 Å². The normalized spacial score (nSPS) is 22.9. The predicted octanol–water partition coefficient (Wildman–Crippen LogP) is 1.81. The fraction of sp³-hybridized carbons (Fsp3) is 1.00. The molecular weight excluding hydrogens is 179 g/mol. The smallest absolute Gasteiger partial charge is 0.110 e. The van der Waals surface area contributed by atoms with Gasteiger partial charge in [-0.2, -0.15) is 0 Å². The molecule has 1 aliphatic rings. The monoisotopic (exact) mass is 202 g/mol. The summed E-state index contributed by atoms with van der Waals surface area (Å²) in [5.74, 6) is 0. The minimum Gasteiger partial charge on any atom is -0.312 e. The second-order valence-electron chi connectivity index (χ2n) is 4.68. The molecule has 2 nitrogen and oxygen atoms in total. The molecule has 0 saturated carbocycles. The first-order valence-corrected chi connectivity index (χ1v) is 5.70. The molecule has 1 rings (SSSR count). The summed E-state index contributed by atoms with van der Waals surface area (Å²) < 4.78 is 12.7. The van der Waals surface area contributed by atoms with Crippen molar-refractivity contribution >= 4 is 0 Å². The second kappa shape index (κ2) is 5.66. The number of likely N-dealkylation sites (tertiary alicyclic amines) is 1. The molecule has 1 aliphatic heterocycles. The molecule has 1 saturated heterocycles. The summed E-state index contributed by atoms with van der Waals surface area (Å²) in [5.41, 5.74) is 0. The number of alkyl halides is 1. The van der Waals surface area contributed by atoms with Gasteiger partial charge in [0.15, 0.2) is 0 Å². The number of piperidine rings is 1. The summed E-state index contributed by atoms with van der Waals surface area (Å²) >= 11 is 0. The topological polar surface area (TPSA) is 15.3 Å². The molecule has 1 heterocycles. The number of halogens is 1. The molecule has 0 aliphatic carbocycles. The van der Waals surface area contributed by atoms with Crippen molar-refractivity contribution in [3.05, 3.63) is 0 Å². The van der Waals surface area contributed by atoms with Gasteiger partial charge in [0.1, 0.15) is 6.17 Å². The Morgan fingerprint density at radius 3 is 2.29 bits per heavy atom. The molecule has 1 unspecified atom stereocenters. The van der Waals surface area contributed by atoms with E-state index in [1.807, 2.05) is 0 Å². The third-order valence-corrected chi connectivity index (χ3v) is 2.67. The maximum Gasteiger partial charge on any atom is 0.110 e. The zero-order chi connectivity index (χ0) is 10.6. The molecule has 1 atom stereocenters. The van der Waals surface area contributed by atoms with E-state index in [0.717, 1.165) is 25.9 Å². The Balaban J connectivity index is 2.17. The molecule has 14 heavy (non-hydrogen) atoms. The van der Waals surface area contributed by atoms with Gasteiger partial charge in [0, 0.05) is 18.6 Å². The number of nitrogens with one attached hydrogen (secondary N) is 1. The van der Waals surface area contributed by atoms with Gasteiger partial charge < -0.3 is 10.2 Å². The lowest BCUT2D eigenvalue weighted by atomic mass is 10.0. The first-order chi connectivity index (χ1) is 6.58. The van der Waals surface area contributed by atoms with Crippen LogP contribution in [0.3, 0.4) is 0 Å². The van der Waals surface area contributed by atoms with E-state index in [1.165, 1.54) is 0 Å². The summed E-state index contributed by atoms with van der Waals surface area (Å²) in [6, 6.07) is 1.20. The molecule has 1 N–H and O–H groups in total. The highest BCUT2D eigenvalue weighted by Gasteiger charge is 2.20. The van der Waals surface area contributed by atoms with Crippen molar-refractivity contribution < 1.29 is 4.39 Å². The highest BCUT2D eigenvalue weighted by atomic mass is 19.1. The van der Waals surface area contributed by atoms with E-state index in [0.29, 0.717) is 18.6 Å². The van der Waals surface area contributed by atoms with Crippen molar-refractivity contribution in [3.8, 4) is 0 Å². The third-order valence-electron chi connectivity index (χ3n) is 2.67. The SMILES string of the molecule is CC(F)CN1CCC(NC(C)C)CC1. The highest BCUT2D eigenvalue weighted by Crippen LogP contribution is 2.11. The van der Waals surface area contributed by atoms with Crippen LogP contribution < -0.4 is 5.32 Å². The Hall–Kier alpha value is -0.150. The largest absolute Gasteiger partial charge is 0.312 e. The summed E-state index contributed by atoms with van der Waals surface area (Å²) in [4.78, 5) is 2.23. The van der Waals surface area contributed by atoms with E-state index in [1.54, 1.807) is 6.92 Å².